The van der Waals surface area contributed by atoms with Gasteiger partial charge in [-0.2, -0.15) is 0 Å². The first-order chi connectivity index (χ1) is 14.1. The van der Waals surface area contributed by atoms with Gasteiger partial charge in [0, 0.05) is 16.7 Å². The molecule has 3 heterocycles. The van der Waals surface area contributed by atoms with E-state index in [1.807, 2.05) is 23.9 Å². The number of furan rings is 1. The number of nitrogens with zero attached hydrogens (tertiary/aromatic N) is 1. The van der Waals surface area contributed by atoms with Crippen molar-refractivity contribution in [1.82, 2.24) is 10.6 Å². The van der Waals surface area contributed by atoms with Crippen molar-refractivity contribution < 1.29 is 18.7 Å². The van der Waals surface area contributed by atoms with E-state index >= 15 is 0 Å². The number of anilines is 1. The smallest absolute Gasteiger partial charge is 0.338 e. The number of benzene rings is 1. The zero-order chi connectivity index (χ0) is 20.4. The van der Waals surface area contributed by atoms with Crippen LogP contribution < -0.4 is 15.5 Å². The van der Waals surface area contributed by atoms with Crippen molar-refractivity contribution in [2.45, 2.75) is 30.0 Å². The molecular weight excluding hydrogens is 390 g/mol. The molecule has 152 valence electrons. The highest BCUT2D eigenvalue weighted by Crippen LogP contribution is 2.39. The number of carbonyl (C=O) groups excluding carboxylic acids is 2. The van der Waals surface area contributed by atoms with Crippen LogP contribution in [0.4, 0.5) is 10.5 Å². The maximum Gasteiger partial charge on any atom is 0.338 e. The van der Waals surface area contributed by atoms with E-state index in [1.54, 1.807) is 19.1 Å². The van der Waals surface area contributed by atoms with E-state index in [0.29, 0.717) is 28.8 Å². The molecule has 0 saturated carbocycles. The van der Waals surface area contributed by atoms with Gasteiger partial charge in [-0.05, 0) is 31.2 Å². The predicted octanol–water partition coefficient (Wildman–Crippen LogP) is 3.45. The Bertz CT molecular complexity index is 941. The van der Waals surface area contributed by atoms with Crippen LogP contribution in [0.3, 0.4) is 0 Å². The van der Waals surface area contributed by atoms with E-state index in [1.165, 1.54) is 11.2 Å². The molecule has 8 heteroatoms. The lowest BCUT2D eigenvalue weighted by Gasteiger charge is -2.37. The summed E-state index contributed by atoms with van der Waals surface area (Å²) in [5.41, 5.74) is 1.99. The van der Waals surface area contributed by atoms with E-state index in [9.17, 15) is 9.59 Å². The SMILES string of the molecule is CCOC(=O)C1=C(CN2C[C@@H](C)Sc3ccccc32)NC(=O)N[C@H]1c1ccco1. The quantitative estimate of drug-likeness (QED) is 0.731. The van der Waals surface area contributed by atoms with Crippen molar-refractivity contribution in [2.75, 3.05) is 24.6 Å². The van der Waals surface area contributed by atoms with Crippen molar-refractivity contribution >= 4 is 29.4 Å². The molecule has 2 amide bonds. The summed E-state index contributed by atoms with van der Waals surface area (Å²) in [7, 11) is 0. The summed E-state index contributed by atoms with van der Waals surface area (Å²) in [6.45, 7) is 5.36. The molecule has 0 radical (unpaired) electrons. The van der Waals surface area contributed by atoms with Crippen LogP contribution >= 0.6 is 11.8 Å². The van der Waals surface area contributed by atoms with Crippen molar-refractivity contribution in [3.8, 4) is 0 Å². The average molecular weight is 413 g/mol. The molecule has 0 spiro atoms. The minimum Gasteiger partial charge on any atom is -0.467 e. The number of fused-ring (bicyclic) bond motifs is 1. The molecule has 0 bridgehead atoms. The Balaban J connectivity index is 1.74. The summed E-state index contributed by atoms with van der Waals surface area (Å²) in [5, 5.41) is 5.99. The molecule has 2 aliphatic rings. The molecule has 0 aliphatic carbocycles. The van der Waals surface area contributed by atoms with Gasteiger partial charge in [0.15, 0.2) is 0 Å². The van der Waals surface area contributed by atoms with Crippen LogP contribution in [0, 0.1) is 0 Å². The average Bonchev–Trinajstić information content (AvgIpc) is 3.22. The second-order valence-electron chi connectivity index (χ2n) is 6.94. The van der Waals surface area contributed by atoms with Gasteiger partial charge < -0.3 is 24.7 Å². The number of rotatable bonds is 5. The van der Waals surface area contributed by atoms with Gasteiger partial charge in [-0.15, -0.1) is 11.8 Å². The fourth-order valence-corrected chi connectivity index (χ4v) is 4.85. The third-order valence-electron chi connectivity index (χ3n) is 4.84. The number of para-hydroxylation sites is 1. The maximum absolute atomic E-state index is 12.8. The molecule has 4 rings (SSSR count). The predicted molar refractivity (Wildman–Crippen MR) is 111 cm³/mol. The first-order valence-corrected chi connectivity index (χ1v) is 10.5. The molecule has 0 unspecified atom stereocenters. The summed E-state index contributed by atoms with van der Waals surface area (Å²) in [4.78, 5) is 28.6. The molecule has 2 atom stereocenters. The van der Waals surface area contributed by atoms with E-state index in [4.69, 9.17) is 9.15 Å². The molecule has 2 N–H and O–H groups in total. The van der Waals surface area contributed by atoms with Crippen molar-refractivity contribution in [2.24, 2.45) is 0 Å². The Morgan fingerprint density at radius 1 is 1.31 bits per heavy atom. The van der Waals surface area contributed by atoms with Crippen molar-refractivity contribution in [3.63, 3.8) is 0 Å². The Labute approximate surface area is 173 Å². The van der Waals surface area contributed by atoms with Crippen molar-refractivity contribution in [3.05, 3.63) is 59.7 Å². The standard InChI is InChI=1S/C21H23N3O4S/c1-3-27-20(25)18-14(22-21(26)23-19(18)16-8-6-10-28-16)12-24-11-13(2)29-17-9-5-4-7-15(17)24/h4-10,13,19H,3,11-12H2,1-2H3,(H2,22,23,26)/t13-,19+/m1/s1. The summed E-state index contributed by atoms with van der Waals surface area (Å²) >= 11 is 1.83. The Morgan fingerprint density at radius 3 is 2.90 bits per heavy atom. The van der Waals surface area contributed by atoms with Gasteiger partial charge in [-0.1, -0.05) is 19.1 Å². The first kappa shape index (κ1) is 19.4. The number of hydrogen-bond acceptors (Lipinski definition) is 6. The van der Waals surface area contributed by atoms with Crippen LogP contribution in [0.1, 0.15) is 25.6 Å². The zero-order valence-electron chi connectivity index (χ0n) is 16.3. The van der Waals surface area contributed by atoms with Crippen molar-refractivity contribution in [1.29, 1.82) is 0 Å². The Hall–Kier alpha value is -2.87. The maximum atomic E-state index is 12.8. The fourth-order valence-electron chi connectivity index (χ4n) is 3.68. The number of amides is 2. The molecule has 1 aromatic heterocycles. The summed E-state index contributed by atoms with van der Waals surface area (Å²) in [5.74, 6) is 0.0208. The number of nitrogens with one attached hydrogen (secondary N) is 2. The molecule has 1 aromatic carbocycles. The third-order valence-corrected chi connectivity index (χ3v) is 5.99. The van der Waals surface area contributed by atoms with Crippen LogP contribution in [0.15, 0.2) is 63.2 Å². The second-order valence-corrected chi connectivity index (χ2v) is 8.42. The highest BCUT2D eigenvalue weighted by atomic mass is 32.2. The largest absolute Gasteiger partial charge is 0.467 e. The lowest BCUT2D eigenvalue weighted by atomic mass is 9.99. The summed E-state index contributed by atoms with van der Waals surface area (Å²) < 4.78 is 10.8. The molecular formula is C21H23N3O4S. The number of urea groups is 1. The summed E-state index contributed by atoms with van der Waals surface area (Å²) in [6, 6.07) is 10.6. The van der Waals surface area contributed by atoms with E-state index < -0.39 is 12.0 Å². The number of hydrogen-bond donors (Lipinski definition) is 2. The highest BCUT2D eigenvalue weighted by Gasteiger charge is 2.36. The summed E-state index contributed by atoms with van der Waals surface area (Å²) in [6.07, 6.45) is 1.52. The normalized spacial score (nSPS) is 21.3. The van der Waals surface area contributed by atoms with Crippen LogP contribution in [0.2, 0.25) is 0 Å². The first-order valence-electron chi connectivity index (χ1n) is 9.58. The number of ether oxygens (including phenoxy) is 1. The van der Waals surface area contributed by atoms with Crippen LogP contribution in [-0.2, 0) is 9.53 Å². The zero-order valence-corrected chi connectivity index (χ0v) is 17.1. The number of thioether (sulfide) groups is 1. The van der Waals surface area contributed by atoms with Gasteiger partial charge in [0.25, 0.3) is 0 Å². The third kappa shape index (κ3) is 3.98. The lowest BCUT2D eigenvalue weighted by molar-refractivity contribution is -0.139. The Morgan fingerprint density at radius 2 is 2.14 bits per heavy atom. The highest BCUT2D eigenvalue weighted by molar-refractivity contribution is 8.00. The number of carbonyl (C=O) groups is 2. The topological polar surface area (TPSA) is 83.8 Å². The molecule has 0 fully saturated rings. The van der Waals surface area contributed by atoms with Crippen LogP contribution in [0.25, 0.3) is 0 Å². The number of esters is 1. The Kier molecular flexibility index (Phi) is 5.53. The van der Waals surface area contributed by atoms with E-state index in [2.05, 4.69) is 34.6 Å². The van der Waals surface area contributed by atoms with Gasteiger partial charge in [0.05, 0.1) is 36.4 Å². The minimum absolute atomic E-state index is 0.245. The molecule has 0 saturated heterocycles. The monoisotopic (exact) mass is 413 g/mol. The van der Waals surface area contributed by atoms with Gasteiger partial charge in [-0.25, -0.2) is 9.59 Å². The molecule has 29 heavy (non-hydrogen) atoms. The van der Waals surface area contributed by atoms with Gasteiger partial charge in [-0.3, -0.25) is 0 Å². The van der Waals surface area contributed by atoms with E-state index in [-0.39, 0.29) is 12.6 Å². The van der Waals surface area contributed by atoms with Gasteiger partial charge >= 0.3 is 12.0 Å². The van der Waals surface area contributed by atoms with Gasteiger partial charge in [0.1, 0.15) is 11.8 Å². The minimum atomic E-state index is -0.695. The lowest BCUT2D eigenvalue weighted by Crippen LogP contribution is -2.49. The second kappa shape index (κ2) is 8.24. The fraction of sp³-hybridized carbons (Fsp3) is 0.333. The molecule has 2 aliphatic heterocycles. The van der Waals surface area contributed by atoms with E-state index in [0.717, 1.165) is 12.2 Å². The molecule has 7 nitrogen and oxygen atoms in total. The van der Waals surface area contributed by atoms with Crippen LogP contribution in [0.5, 0.6) is 0 Å². The van der Waals surface area contributed by atoms with Crippen LogP contribution in [-0.4, -0.2) is 36.9 Å². The molecule has 2 aromatic rings. The van der Waals surface area contributed by atoms with Gasteiger partial charge in [0.2, 0.25) is 0 Å².